The van der Waals surface area contributed by atoms with Gasteiger partial charge in [0.15, 0.2) is 0 Å². The lowest BCUT2D eigenvalue weighted by Gasteiger charge is -2.10. The number of para-hydroxylation sites is 1. The van der Waals surface area contributed by atoms with Gasteiger partial charge in [-0.1, -0.05) is 34.6 Å². The highest BCUT2D eigenvalue weighted by molar-refractivity contribution is 7.71. The van der Waals surface area contributed by atoms with Gasteiger partial charge >= 0.3 is 6.03 Å². The Kier molecular flexibility index (Phi) is 4.72. The molecule has 3 aromatic carbocycles. The number of benzene rings is 3. The maximum absolute atomic E-state index is 12.6. The summed E-state index contributed by atoms with van der Waals surface area (Å²) in [5, 5.41) is 18.2. The highest BCUT2D eigenvalue weighted by atomic mass is 32.1. The fourth-order valence-electron chi connectivity index (χ4n) is 3.85. The van der Waals surface area contributed by atoms with Crippen molar-refractivity contribution in [2.45, 2.75) is 13.5 Å². The average molecular weight is 430 g/mol. The lowest BCUT2D eigenvalue weighted by atomic mass is 10.1. The largest absolute Gasteiger partial charge is 0.341 e. The molecular weight excluding hydrogens is 410 g/mol. The van der Waals surface area contributed by atoms with Crippen molar-refractivity contribution in [3.05, 3.63) is 71.5 Å². The number of hydrogen-bond donors (Lipinski definition) is 3. The van der Waals surface area contributed by atoms with Crippen LogP contribution in [0.1, 0.15) is 6.92 Å². The van der Waals surface area contributed by atoms with Crippen LogP contribution in [0.25, 0.3) is 27.5 Å². The number of nitrogens with one attached hydrogen (secondary N) is 3. The molecular formula is C22H19N7OS. The minimum atomic E-state index is -0.331. The quantitative estimate of drug-likeness (QED) is 0.347. The van der Waals surface area contributed by atoms with Crippen LogP contribution in [0.3, 0.4) is 0 Å². The Morgan fingerprint density at radius 1 is 0.968 bits per heavy atom. The van der Waals surface area contributed by atoms with Crippen LogP contribution in [-0.2, 0) is 6.54 Å². The van der Waals surface area contributed by atoms with E-state index < -0.39 is 0 Å². The Labute approximate surface area is 182 Å². The van der Waals surface area contributed by atoms with Crippen LogP contribution in [-0.4, -0.2) is 30.8 Å². The van der Waals surface area contributed by atoms with Gasteiger partial charge in [0, 0.05) is 39.7 Å². The van der Waals surface area contributed by atoms with E-state index in [4.69, 9.17) is 12.2 Å². The van der Waals surface area contributed by atoms with Gasteiger partial charge < -0.3 is 15.2 Å². The molecule has 5 aromatic rings. The number of nitrogens with zero attached hydrogens (tertiary/aromatic N) is 4. The maximum Gasteiger partial charge on any atom is 0.323 e. The van der Waals surface area contributed by atoms with Gasteiger partial charge in [0.25, 0.3) is 0 Å². The van der Waals surface area contributed by atoms with Gasteiger partial charge in [0.2, 0.25) is 4.77 Å². The lowest BCUT2D eigenvalue weighted by molar-refractivity contribution is 0.262. The summed E-state index contributed by atoms with van der Waals surface area (Å²) in [6, 6.07) is 21.2. The van der Waals surface area contributed by atoms with Gasteiger partial charge in [-0.3, -0.25) is 0 Å². The van der Waals surface area contributed by atoms with E-state index in [0.717, 1.165) is 28.8 Å². The van der Waals surface area contributed by atoms with Crippen LogP contribution in [0.5, 0.6) is 0 Å². The van der Waals surface area contributed by atoms with Crippen LogP contribution in [0, 0.1) is 4.77 Å². The summed E-state index contributed by atoms with van der Waals surface area (Å²) in [6.45, 7) is 3.01. The second-order valence-electron chi connectivity index (χ2n) is 7.04. The molecule has 8 nitrogen and oxygen atoms in total. The Hall–Kier alpha value is -3.98. The fourth-order valence-corrected chi connectivity index (χ4v) is 4.04. The molecule has 31 heavy (non-hydrogen) atoms. The Balaban J connectivity index is 1.40. The zero-order valence-corrected chi connectivity index (χ0v) is 17.5. The monoisotopic (exact) mass is 429 g/mol. The van der Waals surface area contributed by atoms with Gasteiger partial charge in [-0.15, -0.1) is 0 Å². The third kappa shape index (κ3) is 3.44. The maximum atomic E-state index is 12.6. The van der Waals surface area contributed by atoms with E-state index in [-0.39, 0.29) is 6.03 Å². The van der Waals surface area contributed by atoms with Crippen molar-refractivity contribution in [1.29, 1.82) is 0 Å². The van der Waals surface area contributed by atoms with Crippen molar-refractivity contribution in [3.8, 4) is 5.69 Å². The van der Waals surface area contributed by atoms with E-state index in [1.165, 1.54) is 10.9 Å². The van der Waals surface area contributed by atoms with Crippen molar-refractivity contribution in [2.24, 2.45) is 0 Å². The number of carbonyl (C=O) groups is 1. The Bertz CT molecular complexity index is 1480. The minimum absolute atomic E-state index is 0.307. The summed E-state index contributed by atoms with van der Waals surface area (Å²) < 4.78 is 4.13. The third-order valence-electron chi connectivity index (χ3n) is 5.18. The molecule has 2 aromatic heterocycles. The van der Waals surface area contributed by atoms with Crippen molar-refractivity contribution >= 4 is 51.4 Å². The molecule has 0 radical (unpaired) electrons. The van der Waals surface area contributed by atoms with Gasteiger partial charge in [-0.25, -0.2) is 9.48 Å². The van der Waals surface area contributed by atoms with Crippen LogP contribution in [0.2, 0.25) is 0 Å². The number of aromatic amines is 1. The summed E-state index contributed by atoms with van der Waals surface area (Å²) in [7, 11) is 0. The number of aromatic nitrogens is 5. The highest BCUT2D eigenvalue weighted by Crippen LogP contribution is 2.31. The number of fused-ring (bicyclic) bond motifs is 3. The number of amides is 2. The predicted molar refractivity (Wildman–Crippen MR) is 124 cm³/mol. The summed E-state index contributed by atoms with van der Waals surface area (Å²) in [6.07, 6.45) is 0. The number of urea groups is 1. The van der Waals surface area contributed by atoms with Gasteiger partial charge in [0.1, 0.15) is 0 Å². The molecule has 0 aliphatic heterocycles. The molecule has 0 saturated carbocycles. The van der Waals surface area contributed by atoms with E-state index >= 15 is 0 Å². The number of H-pyrrole nitrogens is 1. The normalized spacial score (nSPS) is 11.1. The summed E-state index contributed by atoms with van der Waals surface area (Å²) in [4.78, 5) is 12.6. The van der Waals surface area contributed by atoms with Gasteiger partial charge in [-0.2, -0.15) is 5.21 Å². The zero-order valence-electron chi connectivity index (χ0n) is 16.7. The van der Waals surface area contributed by atoms with Crippen LogP contribution < -0.4 is 10.6 Å². The molecule has 9 heteroatoms. The molecule has 154 valence electrons. The molecule has 0 aliphatic rings. The van der Waals surface area contributed by atoms with Crippen molar-refractivity contribution < 1.29 is 4.79 Å². The highest BCUT2D eigenvalue weighted by Gasteiger charge is 2.11. The smallest absolute Gasteiger partial charge is 0.323 e. The second-order valence-corrected chi connectivity index (χ2v) is 7.41. The number of carbonyl (C=O) groups excluding carboxylic acids is 1. The van der Waals surface area contributed by atoms with Crippen molar-refractivity contribution in [1.82, 2.24) is 24.8 Å². The first kappa shape index (κ1) is 19.0. The summed E-state index contributed by atoms with van der Waals surface area (Å²) in [5.41, 5.74) is 4.40. The Morgan fingerprint density at radius 3 is 2.52 bits per heavy atom. The molecule has 2 heterocycles. The van der Waals surface area contributed by atoms with Crippen LogP contribution in [0.4, 0.5) is 16.2 Å². The van der Waals surface area contributed by atoms with E-state index in [0.29, 0.717) is 10.5 Å². The summed E-state index contributed by atoms with van der Waals surface area (Å²) in [5.74, 6) is 0. The number of tetrazole rings is 1. The molecule has 5 rings (SSSR count). The molecule has 0 fully saturated rings. The molecule has 0 unspecified atom stereocenters. The first-order chi connectivity index (χ1) is 15.1. The average Bonchev–Trinajstić information content (AvgIpc) is 3.34. The van der Waals surface area contributed by atoms with Crippen molar-refractivity contribution in [3.63, 3.8) is 0 Å². The second kappa shape index (κ2) is 7.69. The molecule has 0 spiro atoms. The zero-order chi connectivity index (χ0) is 21.4. The number of anilines is 2. The predicted octanol–water partition coefficient (Wildman–Crippen LogP) is 5.10. The van der Waals surface area contributed by atoms with Crippen LogP contribution >= 0.6 is 12.2 Å². The van der Waals surface area contributed by atoms with E-state index in [2.05, 4.69) is 49.8 Å². The Morgan fingerprint density at radius 2 is 1.74 bits per heavy atom. The first-order valence-corrected chi connectivity index (χ1v) is 10.2. The van der Waals surface area contributed by atoms with E-state index in [1.807, 2.05) is 42.5 Å². The number of aryl methyl sites for hydroxylation is 1. The molecule has 0 aliphatic carbocycles. The van der Waals surface area contributed by atoms with E-state index in [1.54, 1.807) is 16.8 Å². The first-order valence-electron chi connectivity index (χ1n) is 9.83. The van der Waals surface area contributed by atoms with Crippen molar-refractivity contribution in [2.75, 3.05) is 10.6 Å². The van der Waals surface area contributed by atoms with E-state index in [9.17, 15) is 4.79 Å². The number of hydrogen-bond acceptors (Lipinski definition) is 4. The molecule has 0 saturated heterocycles. The summed E-state index contributed by atoms with van der Waals surface area (Å²) >= 11 is 5.12. The SMILES string of the molecule is CCn1c2ccccc2c2cc(NC(=O)Nc3cccc(-n4[nH]nnc4=S)c3)ccc21. The van der Waals surface area contributed by atoms with Gasteiger partial charge in [-0.05, 0) is 61.6 Å². The molecule has 3 N–H and O–H groups in total. The number of rotatable bonds is 4. The topological polar surface area (TPSA) is 92.6 Å². The molecule has 2 amide bonds. The van der Waals surface area contributed by atoms with Gasteiger partial charge in [0.05, 0.1) is 5.69 Å². The fraction of sp³-hybridized carbons (Fsp3) is 0.0909. The lowest BCUT2D eigenvalue weighted by Crippen LogP contribution is -2.19. The molecule has 0 bridgehead atoms. The standard InChI is InChI=1S/C22H19N7OS/c1-2-28-19-9-4-3-8-17(19)18-13-15(10-11-20(18)28)24-21(30)23-14-6-5-7-16(12-14)29-22(31)25-26-27-29/h3-13H,2H2,1H3,(H2,23,24,30)(H,25,27,31). The van der Waals surface area contributed by atoms with Crippen LogP contribution in [0.15, 0.2) is 66.7 Å². The third-order valence-corrected chi connectivity index (χ3v) is 5.44. The minimum Gasteiger partial charge on any atom is -0.341 e. The molecule has 0 atom stereocenters.